The SMILES string of the molecule is Cc1onc2c(=O)n(CCC(=O)O)nc(-c3ccc(Cl)cc3)c12. The van der Waals surface area contributed by atoms with Gasteiger partial charge in [-0.3, -0.25) is 9.59 Å². The maximum absolute atomic E-state index is 12.4. The van der Waals surface area contributed by atoms with Crippen molar-refractivity contribution in [2.75, 3.05) is 0 Å². The van der Waals surface area contributed by atoms with E-state index in [1.165, 1.54) is 0 Å². The summed E-state index contributed by atoms with van der Waals surface area (Å²) in [5, 5.41) is 18.0. The lowest BCUT2D eigenvalue weighted by atomic mass is 10.1. The Kier molecular flexibility index (Phi) is 3.87. The van der Waals surface area contributed by atoms with Gasteiger partial charge in [-0.05, 0) is 19.1 Å². The van der Waals surface area contributed by atoms with E-state index in [4.69, 9.17) is 21.2 Å². The van der Waals surface area contributed by atoms with Gasteiger partial charge in [-0.2, -0.15) is 5.10 Å². The number of halogens is 1. The molecule has 0 saturated carbocycles. The van der Waals surface area contributed by atoms with Crippen LogP contribution in [0.25, 0.3) is 22.2 Å². The summed E-state index contributed by atoms with van der Waals surface area (Å²) < 4.78 is 6.22. The number of aromatic nitrogens is 3. The van der Waals surface area contributed by atoms with Crippen molar-refractivity contribution < 1.29 is 14.4 Å². The first-order valence-corrected chi connectivity index (χ1v) is 7.20. The second-order valence-electron chi connectivity index (χ2n) is 4.99. The molecule has 3 aromatic rings. The van der Waals surface area contributed by atoms with Crippen LogP contribution >= 0.6 is 11.6 Å². The molecule has 1 aromatic carbocycles. The van der Waals surface area contributed by atoms with Crippen molar-refractivity contribution in [2.45, 2.75) is 19.9 Å². The van der Waals surface area contributed by atoms with Crippen LogP contribution in [0.5, 0.6) is 0 Å². The van der Waals surface area contributed by atoms with Gasteiger partial charge in [0.25, 0.3) is 5.56 Å². The Balaban J connectivity index is 2.24. The van der Waals surface area contributed by atoms with E-state index < -0.39 is 11.5 Å². The highest BCUT2D eigenvalue weighted by Gasteiger charge is 2.19. The molecule has 0 aliphatic carbocycles. The predicted molar refractivity (Wildman–Crippen MR) is 83.5 cm³/mol. The van der Waals surface area contributed by atoms with E-state index in [9.17, 15) is 9.59 Å². The first-order chi connectivity index (χ1) is 11.0. The number of benzene rings is 1. The number of hydrogen-bond donors (Lipinski definition) is 1. The fraction of sp³-hybridized carbons (Fsp3) is 0.200. The van der Waals surface area contributed by atoms with Crippen molar-refractivity contribution in [1.82, 2.24) is 14.9 Å². The Hall–Kier alpha value is -2.67. The van der Waals surface area contributed by atoms with Gasteiger partial charge in [0, 0.05) is 10.6 Å². The molecule has 7 nitrogen and oxygen atoms in total. The molecular weight excluding hydrogens is 322 g/mol. The number of carboxylic acids is 1. The minimum absolute atomic E-state index is 0.0450. The summed E-state index contributed by atoms with van der Waals surface area (Å²) in [6.45, 7) is 1.65. The Morgan fingerprint density at radius 2 is 2.04 bits per heavy atom. The summed E-state index contributed by atoms with van der Waals surface area (Å²) in [6.07, 6.45) is -0.213. The number of fused-ring (bicyclic) bond motifs is 1. The van der Waals surface area contributed by atoms with Crippen LogP contribution in [0.3, 0.4) is 0 Å². The molecule has 0 aliphatic heterocycles. The summed E-state index contributed by atoms with van der Waals surface area (Å²) in [4.78, 5) is 23.1. The molecule has 0 fully saturated rings. The molecule has 1 N–H and O–H groups in total. The molecule has 0 saturated heterocycles. The maximum atomic E-state index is 12.4. The van der Waals surface area contributed by atoms with Crippen molar-refractivity contribution in [3.05, 3.63) is 45.4 Å². The van der Waals surface area contributed by atoms with E-state index in [1.807, 2.05) is 0 Å². The summed E-state index contributed by atoms with van der Waals surface area (Å²) in [5.41, 5.74) is 0.888. The third-order valence-corrected chi connectivity index (χ3v) is 3.66. The number of carboxylic acid groups (broad SMARTS) is 1. The van der Waals surface area contributed by atoms with Crippen LogP contribution in [0.1, 0.15) is 12.2 Å². The van der Waals surface area contributed by atoms with E-state index in [2.05, 4.69) is 10.3 Å². The smallest absolute Gasteiger partial charge is 0.305 e. The number of carbonyl (C=O) groups is 1. The van der Waals surface area contributed by atoms with Crippen LogP contribution in [-0.2, 0) is 11.3 Å². The Morgan fingerprint density at radius 3 is 2.70 bits per heavy atom. The maximum Gasteiger partial charge on any atom is 0.305 e. The number of rotatable bonds is 4. The summed E-state index contributed by atoms with van der Waals surface area (Å²) in [5.74, 6) is -0.539. The van der Waals surface area contributed by atoms with Gasteiger partial charge >= 0.3 is 5.97 Å². The molecule has 0 spiro atoms. The van der Waals surface area contributed by atoms with Crippen molar-refractivity contribution >= 4 is 28.5 Å². The second kappa shape index (κ2) is 5.85. The third-order valence-electron chi connectivity index (χ3n) is 3.41. The molecule has 0 atom stereocenters. The van der Waals surface area contributed by atoms with Crippen LogP contribution in [0.15, 0.2) is 33.6 Å². The van der Waals surface area contributed by atoms with Crippen LogP contribution < -0.4 is 5.56 Å². The van der Waals surface area contributed by atoms with Gasteiger partial charge in [0.05, 0.1) is 18.4 Å². The molecule has 0 amide bonds. The number of aryl methyl sites for hydroxylation is 2. The molecule has 23 heavy (non-hydrogen) atoms. The molecule has 118 valence electrons. The van der Waals surface area contributed by atoms with Crippen LogP contribution in [0, 0.1) is 6.92 Å². The summed E-state index contributed by atoms with van der Waals surface area (Å²) in [7, 11) is 0. The average molecular weight is 334 g/mol. The van der Waals surface area contributed by atoms with Crippen molar-refractivity contribution in [2.24, 2.45) is 0 Å². The van der Waals surface area contributed by atoms with E-state index in [0.717, 1.165) is 10.2 Å². The van der Waals surface area contributed by atoms with E-state index in [0.29, 0.717) is 21.9 Å². The standard InChI is InChI=1S/C15H12ClN3O4/c1-8-12-13(9-2-4-10(16)5-3-9)17-19(7-6-11(20)21)15(22)14(12)18-23-8/h2-5H,6-7H2,1H3,(H,20,21). The molecule has 2 aromatic heterocycles. The lowest BCUT2D eigenvalue weighted by Crippen LogP contribution is -2.25. The van der Waals surface area contributed by atoms with E-state index in [-0.39, 0.29) is 18.5 Å². The van der Waals surface area contributed by atoms with Crippen LogP contribution in [0.2, 0.25) is 5.02 Å². The predicted octanol–water partition coefficient (Wildman–Crippen LogP) is 2.49. The number of hydrogen-bond acceptors (Lipinski definition) is 5. The van der Waals surface area contributed by atoms with Gasteiger partial charge in [-0.25, -0.2) is 4.68 Å². The number of aliphatic carboxylic acids is 1. The van der Waals surface area contributed by atoms with Gasteiger partial charge in [0.1, 0.15) is 11.5 Å². The fourth-order valence-electron chi connectivity index (χ4n) is 2.30. The van der Waals surface area contributed by atoms with Crippen molar-refractivity contribution in [1.29, 1.82) is 0 Å². The minimum atomic E-state index is -1.01. The quantitative estimate of drug-likeness (QED) is 0.787. The lowest BCUT2D eigenvalue weighted by Gasteiger charge is -2.08. The van der Waals surface area contributed by atoms with Crippen LogP contribution in [0.4, 0.5) is 0 Å². The molecule has 2 heterocycles. The second-order valence-corrected chi connectivity index (χ2v) is 5.43. The molecule has 3 rings (SSSR count). The normalized spacial score (nSPS) is 11.0. The minimum Gasteiger partial charge on any atom is -0.481 e. The molecular formula is C15H12ClN3O4. The van der Waals surface area contributed by atoms with E-state index >= 15 is 0 Å². The molecule has 0 bridgehead atoms. The molecule has 0 radical (unpaired) electrons. The molecule has 0 unspecified atom stereocenters. The number of nitrogens with zero attached hydrogens (tertiary/aromatic N) is 3. The first kappa shape index (κ1) is 15.2. The average Bonchev–Trinajstić information content (AvgIpc) is 2.90. The molecule has 8 heteroatoms. The molecule has 0 aliphatic rings. The van der Waals surface area contributed by atoms with E-state index in [1.54, 1.807) is 31.2 Å². The zero-order chi connectivity index (χ0) is 16.6. The monoisotopic (exact) mass is 333 g/mol. The summed E-state index contributed by atoms with van der Waals surface area (Å²) in [6, 6.07) is 6.95. The highest BCUT2D eigenvalue weighted by molar-refractivity contribution is 6.30. The van der Waals surface area contributed by atoms with Crippen molar-refractivity contribution in [3.8, 4) is 11.3 Å². The third kappa shape index (κ3) is 2.83. The Morgan fingerprint density at radius 1 is 1.35 bits per heavy atom. The van der Waals surface area contributed by atoms with Gasteiger partial charge in [0.2, 0.25) is 0 Å². The first-order valence-electron chi connectivity index (χ1n) is 6.82. The lowest BCUT2D eigenvalue weighted by molar-refractivity contribution is -0.137. The Labute approximate surface area is 135 Å². The zero-order valence-corrected chi connectivity index (χ0v) is 12.9. The highest BCUT2D eigenvalue weighted by Crippen LogP contribution is 2.28. The van der Waals surface area contributed by atoms with Gasteiger partial charge in [-0.15, -0.1) is 0 Å². The fourth-order valence-corrected chi connectivity index (χ4v) is 2.42. The van der Waals surface area contributed by atoms with Crippen molar-refractivity contribution in [3.63, 3.8) is 0 Å². The summed E-state index contributed by atoms with van der Waals surface area (Å²) >= 11 is 5.90. The topological polar surface area (TPSA) is 98.2 Å². The Bertz CT molecular complexity index is 944. The van der Waals surface area contributed by atoms with Gasteiger partial charge in [-0.1, -0.05) is 28.9 Å². The van der Waals surface area contributed by atoms with Crippen LogP contribution in [-0.4, -0.2) is 26.0 Å². The van der Waals surface area contributed by atoms with Gasteiger partial charge in [0.15, 0.2) is 5.52 Å². The highest BCUT2D eigenvalue weighted by atomic mass is 35.5. The largest absolute Gasteiger partial charge is 0.481 e. The van der Waals surface area contributed by atoms with Gasteiger partial charge < -0.3 is 9.63 Å². The zero-order valence-electron chi connectivity index (χ0n) is 12.1.